The van der Waals surface area contributed by atoms with Crippen molar-refractivity contribution in [2.75, 3.05) is 0 Å². The minimum absolute atomic E-state index is 0.157. The van der Waals surface area contributed by atoms with Crippen molar-refractivity contribution in [1.29, 1.82) is 0 Å². The zero-order valence-corrected chi connectivity index (χ0v) is 16.8. The molecule has 0 amide bonds. The van der Waals surface area contributed by atoms with Crippen LogP contribution in [0.25, 0.3) is 22.6 Å². The van der Waals surface area contributed by atoms with Gasteiger partial charge in [0, 0.05) is 25.0 Å². The van der Waals surface area contributed by atoms with Crippen molar-refractivity contribution in [1.82, 2.24) is 23.1 Å². The van der Waals surface area contributed by atoms with Gasteiger partial charge in [0.1, 0.15) is 0 Å². The minimum Gasteiger partial charge on any atom is -0.282 e. The number of aromatic nitrogens is 5. The van der Waals surface area contributed by atoms with E-state index >= 15 is 0 Å². The largest absolute Gasteiger partial charge is 0.332 e. The van der Waals surface area contributed by atoms with Gasteiger partial charge in [-0.3, -0.25) is 22.9 Å². The minimum atomic E-state index is -0.397. The van der Waals surface area contributed by atoms with Gasteiger partial charge in [0.15, 0.2) is 11.2 Å². The quantitative estimate of drug-likeness (QED) is 0.516. The Hall–Kier alpha value is -3.35. The lowest BCUT2D eigenvalue weighted by molar-refractivity contribution is 0.667. The number of hydrogen-bond acceptors (Lipinski definition) is 3. The second-order valence-electron chi connectivity index (χ2n) is 7.19. The topological polar surface area (TPSA) is 66.2 Å². The summed E-state index contributed by atoms with van der Waals surface area (Å²) in [6, 6.07) is 6.13. The molecule has 0 saturated carbocycles. The Morgan fingerprint density at radius 2 is 1.82 bits per heavy atom. The van der Waals surface area contributed by atoms with Crippen LogP contribution < -0.4 is 11.2 Å². The lowest BCUT2D eigenvalue weighted by Crippen LogP contribution is -2.39. The Kier molecular flexibility index (Phi) is 3.92. The van der Waals surface area contributed by atoms with Gasteiger partial charge in [-0.15, -0.1) is 6.58 Å². The van der Waals surface area contributed by atoms with Crippen LogP contribution in [-0.4, -0.2) is 23.1 Å². The molecule has 0 radical (unpaired) electrons. The molecule has 0 atom stereocenters. The fraction of sp³-hybridized carbons (Fsp3) is 0.286. The number of hydrogen-bond donors (Lipinski definition) is 0. The first kappa shape index (κ1) is 18.0. The summed E-state index contributed by atoms with van der Waals surface area (Å²) in [5, 5.41) is 0. The molecule has 0 N–H and O–H groups in total. The Balaban J connectivity index is 2.24. The number of imidazole rings is 2. The Bertz CT molecular complexity index is 1390. The van der Waals surface area contributed by atoms with E-state index in [1.165, 1.54) is 14.7 Å². The van der Waals surface area contributed by atoms with Gasteiger partial charge in [-0.1, -0.05) is 18.2 Å². The summed E-state index contributed by atoms with van der Waals surface area (Å²) in [5.41, 5.74) is 5.29. The molecule has 144 valence electrons. The van der Waals surface area contributed by atoms with Crippen LogP contribution in [0.2, 0.25) is 0 Å². The maximum absolute atomic E-state index is 13.1. The summed E-state index contributed by atoms with van der Waals surface area (Å²) < 4.78 is 6.52. The molecule has 0 aliphatic heterocycles. The molecule has 0 spiro atoms. The third kappa shape index (κ3) is 2.19. The highest BCUT2D eigenvalue weighted by molar-refractivity contribution is 5.77. The third-order valence-corrected chi connectivity index (χ3v) is 5.65. The van der Waals surface area contributed by atoms with Gasteiger partial charge >= 0.3 is 5.69 Å². The second-order valence-corrected chi connectivity index (χ2v) is 7.19. The summed E-state index contributed by atoms with van der Waals surface area (Å²) in [6.07, 6.45) is 1.55. The first-order valence-corrected chi connectivity index (χ1v) is 9.17. The molecule has 3 aromatic heterocycles. The van der Waals surface area contributed by atoms with E-state index in [9.17, 15) is 9.59 Å². The molecule has 4 rings (SSSR count). The SMILES string of the molecule is C=CCn1c(=O)c2c(nc3n(-c4cccc(C)c4C)c(C)c(C)n23)n(C)c1=O. The smallest absolute Gasteiger partial charge is 0.282 e. The number of nitrogens with zero attached hydrogens (tertiary/aromatic N) is 5. The highest BCUT2D eigenvalue weighted by Crippen LogP contribution is 2.27. The molecular formula is C21H23N5O2. The molecule has 28 heavy (non-hydrogen) atoms. The van der Waals surface area contributed by atoms with Crippen LogP contribution in [0.3, 0.4) is 0 Å². The molecule has 7 heteroatoms. The summed E-state index contributed by atoms with van der Waals surface area (Å²) in [7, 11) is 1.64. The van der Waals surface area contributed by atoms with E-state index in [1.54, 1.807) is 13.1 Å². The van der Waals surface area contributed by atoms with Crippen molar-refractivity contribution in [3.63, 3.8) is 0 Å². The third-order valence-electron chi connectivity index (χ3n) is 5.65. The highest BCUT2D eigenvalue weighted by atomic mass is 16.2. The van der Waals surface area contributed by atoms with Crippen LogP contribution in [0, 0.1) is 27.7 Å². The van der Waals surface area contributed by atoms with E-state index < -0.39 is 5.69 Å². The Labute approximate surface area is 161 Å². The molecule has 0 fully saturated rings. The van der Waals surface area contributed by atoms with Gasteiger partial charge in [0.25, 0.3) is 5.56 Å². The maximum atomic E-state index is 13.1. The zero-order chi connectivity index (χ0) is 20.3. The van der Waals surface area contributed by atoms with Crippen molar-refractivity contribution >= 4 is 16.9 Å². The van der Waals surface area contributed by atoms with E-state index in [-0.39, 0.29) is 12.1 Å². The predicted molar refractivity (Wildman–Crippen MR) is 111 cm³/mol. The van der Waals surface area contributed by atoms with Gasteiger partial charge in [0.2, 0.25) is 5.78 Å². The molecule has 1 aromatic carbocycles. The van der Waals surface area contributed by atoms with Gasteiger partial charge in [-0.05, 0) is 44.9 Å². The van der Waals surface area contributed by atoms with Crippen molar-refractivity contribution in [2.24, 2.45) is 7.05 Å². The van der Waals surface area contributed by atoms with Crippen LogP contribution in [0.4, 0.5) is 0 Å². The number of rotatable bonds is 3. The van der Waals surface area contributed by atoms with Crippen molar-refractivity contribution < 1.29 is 0 Å². The van der Waals surface area contributed by atoms with Crippen molar-refractivity contribution in [3.8, 4) is 5.69 Å². The molecule has 3 heterocycles. The Morgan fingerprint density at radius 3 is 2.50 bits per heavy atom. The van der Waals surface area contributed by atoms with E-state index in [2.05, 4.69) is 31.1 Å². The van der Waals surface area contributed by atoms with E-state index in [4.69, 9.17) is 4.98 Å². The number of benzene rings is 1. The van der Waals surface area contributed by atoms with Crippen LogP contribution in [0.5, 0.6) is 0 Å². The normalized spacial score (nSPS) is 11.6. The van der Waals surface area contributed by atoms with Crippen molar-refractivity contribution in [2.45, 2.75) is 34.2 Å². The average molecular weight is 377 g/mol. The second kappa shape index (κ2) is 6.09. The van der Waals surface area contributed by atoms with Crippen molar-refractivity contribution in [3.05, 3.63) is 74.2 Å². The number of aryl methyl sites for hydroxylation is 3. The van der Waals surface area contributed by atoms with E-state index in [0.717, 1.165) is 22.6 Å². The fourth-order valence-electron chi connectivity index (χ4n) is 3.81. The number of fused-ring (bicyclic) bond motifs is 3. The summed E-state index contributed by atoms with van der Waals surface area (Å²) >= 11 is 0. The van der Waals surface area contributed by atoms with Gasteiger partial charge in [0.05, 0.1) is 5.69 Å². The summed E-state index contributed by atoms with van der Waals surface area (Å²) in [6.45, 7) is 11.9. The lowest BCUT2D eigenvalue weighted by Gasteiger charge is -2.11. The van der Waals surface area contributed by atoms with Crippen LogP contribution >= 0.6 is 0 Å². The lowest BCUT2D eigenvalue weighted by atomic mass is 10.1. The standard InChI is InChI=1S/C21H23N5O2/c1-7-11-24-19(27)17-18(23(6)21(24)28)22-20-25(14(4)15(5)26(17)20)16-10-8-9-12(2)13(16)3/h7-10H,1,11H2,2-6H3. The van der Waals surface area contributed by atoms with Crippen LogP contribution in [-0.2, 0) is 13.6 Å². The molecular weight excluding hydrogens is 354 g/mol. The maximum Gasteiger partial charge on any atom is 0.332 e. The first-order chi connectivity index (χ1) is 13.3. The highest BCUT2D eigenvalue weighted by Gasteiger charge is 2.23. The summed E-state index contributed by atoms with van der Waals surface area (Å²) in [4.78, 5) is 30.5. The van der Waals surface area contributed by atoms with Gasteiger partial charge in [-0.25, -0.2) is 4.79 Å². The van der Waals surface area contributed by atoms with Crippen LogP contribution in [0.1, 0.15) is 22.5 Å². The predicted octanol–water partition coefficient (Wildman–Crippen LogP) is 2.56. The molecule has 0 bridgehead atoms. The fourth-order valence-corrected chi connectivity index (χ4v) is 3.81. The van der Waals surface area contributed by atoms with E-state index in [1.807, 2.05) is 30.4 Å². The van der Waals surface area contributed by atoms with Gasteiger partial charge in [-0.2, -0.15) is 4.98 Å². The molecule has 0 saturated heterocycles. The van der Waals surface area contributed by atoms with E-state index in [0.29, 0.717) is 16.9 Å². The zero-order valence-electron chi connectivity index (χ0n) is 16.8. The molecule has 4 aromatic rings. The molecule has 0 unspecified atom stereocenters. The van der Waals surface area contributed by atoms with Crippen LogP contribution in [0.15, 0.2) is 40.4 Å². The van der Waals surface area contributed by atoms with Gasteiger partial charge < -0.3 is 0 Å². The Morgan fingerprint density at radius 1 is 1.11 bits per heavy atom. The monoisotopic (exact) mass is 377 g/mol. The average Bonchev–Trinajstić information content (AvgIpc) is 3.16. The molecule has 7 nitrogen and oxygen atoms in total. The summed E-state index contributed by atoms with van der Waals surface area (Å²) in [5.74, 6) is 0.627. The molecule has 0 aliphatic rings. The number of allylic oxidation sites excluding steroid dienone is 1. The first-order valence-electron chi connectivity index (χ1n) is 9.17. The molecule has 0 aliphatic carbocycles.